The van der Waals surface area contributed by atoms with Crippen molar-refractivity contribution in [3.8, 4) is 0 Å². The first-order valence-corrected chi connectivity index (χ1v) is 5.93. The molecule has 0 amide bonds. The molecule has 0 saturated carbocycles. The lowest BCUT2D eigenvalue weighted by Gasteiger charge is -2.07. The number of allylic oxidation sites excluding steroid dienone is 1. The molecule has 1 N–H and O–H groups in total. The summed E-state index contributed by atoms with van der Waals surface area (Å²) in [6, 6.07) is 7.28. The monoisotopic (exact) mass is 258 g/mol. The molecule has 1 heterocycles. The number of hydrogen-bond donors (Lipinski definition) is 1. The van der Waals surface area contributed by atoms with E-state index in [1.54, 1.807) is 6.07 Å². The molecule has 19 heavy (non-hydrogen) atoms. The largest absolute Gasteiger partial charge is 0.478 e. The SMILES string of the molecule is CC(C)c1nc2ccccc2n1C(=O)C=CC(=O)O. The Balaban J connectivity index is 2.59. The Morgan fingerprint density at radius 3 is 2.58 bits per heavy atom. The second-order valence-corrected chi connectivity index (χ2v) is 4.46. The van der Waals surface area contributed by atoms with Crippen LogP contribution in [0.15, 0.2) is 36.4 Å². The number of carbonyl (C=O) groups is 2. The number of rotatable bonds is 3. The molecule has 2 rings (SSSR count). The topological polar surface area (TPSA) is 72.2 Å². The van der Waals surface area contributed by atoms with Gasteiger partial charge in [0.15, 0.2) is 0 Å². The van der Waals surface area contributed by atoms with Gasteiger partial charge in [-0.05, 0) is 12.1 Å². The summed E-state index contributed by atoms with van der Waals surface area (Å²) in [5.41, 5.74) is 1.41. The van der Waals surface area contributed by atoms with Crippen LogP contribution < -0.4 is 0 Å². The number of carbonyl (C=O) groups excluding carboxylic acids is 1. The maximum atomic E-state index is 12.1. The predicted octanol–water partition coefficient (Wildman–Crippen LogP) is 2.44. The highest BCUT2D eigenvalue weighted by Gasteiger charge is 2.17. The van der Waals surface area contributed by atoms with Gasteiger partial charge in [-0.25, -0.2) is 9.78 Å². The Morgan fingerprint density at radius 2 is 1.95 bits per heavy atom. The molecule has 0 radical (unpaired) electrons. The average Bonchev–Trinajstić information content (AvgIpc) is 2.75. The average molecular weight is 258 g/mol. The molecule has 98 valence electrons. The summed E-state index contributed by atoms with van der Waals surface area (Å²) in [5, 5.41) is 8.59. The molecule has 0 atom stereocenters. The lowest BCUT2D eigenvalue weighted by Crippen LogP contribution is -2.13. The number of para-hydroxylation sites is 2. The molecule has 0 spiro atoms. The summed E-state index contributed by atoms with van der Waals surface area (Å²) >= 11 is 0. The molecule has 0 aliphatic carbocycles. The molecular formula is C14H14N2O3. The summed E-state index contributed by atoms with van der Waals surface area (Å²) in [7, 11) is 0. The van der Waals surface area contributed by atoms with Gasteiger partial charge in [-0.15, -0.1) is 0 Å². The minimum absolute atomic E-state index is 0.0644. The highest BCUT2D eigenvalue weighted by molar-refractivity contribution is 6.00. The molecule has 0 bridgehead atoms. The van der Waals surface area contributed by atoms with Crippen LogP contribution >= 0.6 is 0 Å². The second-order valence-electron chi connectivity index (χ2n) is 4.46. The van der Waals surface area contributed by atoms with Crippen LogP contribution in [0.2, 0.25) is 0 Å². The number of aliphatic carboxylic acids is 1. The zero-order valence-corrected chi connectivity index (χ0v) is 10.7. The number of aromatic nitrogens is 2. The Morgan fingerprint density at radius 1 is 1.26 bits per heavy atom. The zero-order chi connectivity index (χ0) is 14.0. The highest BCUT2D eigenvalue weighted by atomic mass is 16.4. The van der Waals surface area contributed by atoms with E-state index in [-0.39, 0.29) is 5.92 Å². The third-order valence-corrected chi connectivity index (χ3v) is 2.69. The molecule has 1 aromatic carbocycles. The number of nitrogens with zero attached hydrogens (tertiary/aromatic N) is 2. The van der Waals surface area contributed by atoms with Gasteiger partial charge in [0, 0.05) is 18.1 Å². The number of carboxylic acid groups (broad SMARTS) is 1. The van der Waals surface area contributed by atoms with Crippen molar-refractivity contribution in [3.05, 3.63) is 42.2 Å². The van der Waals surface area contributed by atoms with E-state index < -0.39 is 11.9 Å². The molecule has 2 aromatic rings. The number of carboxylic acids is 1. The molecular weight excluding hydrogens is 244 g/mol. The fourth-order valence-electron chi connectivity index (χ4n) is 1.88. The smallest absolute Gasteiger partial charge is 0.328 e. The van der Waals surface area contributed by atoms with E-state index in [9.17, 15) is 9.59 Å². The first-order chi connectivity index (χ1) is 9.00. The molecule has 0 aliphatic rings. The number of imidazole rings is 1. The maximum Gasteiger partial charge on any atom is 0.328 e. The van der Waals surface area contributed by atoms with Crippen molar-refractivity contribution in [1.82, 2.24) is 9.55 Å². The normalized spacial score (nSPS) is 11.5. The van der Waals surface area contributed by atoms with Crippen LogP contribution in [0.1, 0.15) is 30.4 Å². The van der Waals surface area contributed by atoms with Crippen LogP contribution in [0.5, 0.6) is 0 Å². The van der Waals surface area contributed by atoms with Crippen LogP contribution in [0.4, 0.5) is 0 Å². The quantitative estimate of drug-likeness (QED) is 0.858. The van der Waals surface area contributed by atoms with Gasteiger partial charge >= 0.3 is 5.97 Å². The second kappa shape index (κ2) is 5.06. The Hall–Kier alpha value is -2.43. The lowest BCUT2D eigenvalue weighted by molar-refractivity contribution is -0.131. The summed E-state index contributed by atoms with van der Waals surface area (Å²) in [4.78, 5) is 27.0. The number of fused-ring (bicyclic) bond motifs is 1. The van der Waals surface area contributed by atoms with E-state index >= 15 is 0 Å². The van der Waals surface area contributed by atoms with Gasteiger partial charge in [0.05, 0.1) is 11.0 Å². The van der Waals surface area contributed by atoms with E-state index in [2.05, 4.69) is 4.98 Å². The molecule has 0 saturated heterocycles. The fourth-order valence-corrected chi connectivity index (χ4v) is 1.88. The lowest BCUT2D eigenvalue weighted by atomic mass is 10.2. The Labute approximate surface area is 110 Å². The minimum Gasteiger partial charge on any atom is -0.478 e. The fraction of sp³-hybridized carbons (Fsp3) is 0.214. The third kappa shape index (κ3) is 2.54. The molecule has 0 unspecified atom stereocenters. The predicted molar refractivity (Wildman–Crippen MR) is 71.2 cm³/mol. The van der Waals surface area contributed by atoms with Gasteiger partial charge in [0.25, 0.3) is 5.91 Å². The van der Waals surface area contributed by atoms with Gasteiger partial charge in [0.2, 0.25) is 0 Å². The molecule has 0 fully saturated rings. The van der Waals surface area contributed by atoms with Crippen molar-refractivity contribution in [2.75, 3.05) is 0 Å². The van der Waals surface area contributed by atoms with E-state index in [1.165, 1.54) is 4.57 Å². The third-order valence-electron chi connectivity index (χ3n) is 2.69. The summed E-state index contributed by atoms with van der Waals surface area (Å²) < 4.78 is 1.46. The van der Waals surface area contributed by atoms with Gasteiger partial charge in [-0.3, -0.25) is 9.36 Å². The van der Waals surface area contributed by atoms with E-state index in [0.717, 1.165) is 17.7 Å². The van der Waals surface area contributed by atoms with Crippen LogP contribution in [0.25, 0.3) is 11.0 Å². The van der Waals surface area contributed by atoms with Crippen LogP contribution in [0, 0.1) is 0 Å². The van der Waals surface area contributed by atoms with Gasteiger partial charge in [0.1, 0.15) is 5.82 Å². The van der Waals surface area contributed by atoms with Gasteiger partial charge in [-0.1, -0.05) is 26.0 Å². The first kappa shape index (κ1) is 13.0. The van der Waals surface area contributed by atoms with E-state index in [4.69, 9.17) is 5.11 Å². The van der Waals surface area contributed by atoms with Crippen LogP contribution in [-0.2, 0) is 4.79 Å². The number of hydrogen-bond acceptors (Lipinski definition) is 3. The maximum absolute atomic E-state index is 12.1. The highest BCUT2D eigenvalue weighted by Crippen LogP contribution is 2.21. The van der Waals surface area contributed by atoms with Crippen molar-refractivity contribution in [2.24, 2.45) is 0 Å². The van der Waals surface area contributed by atoms with Crippen molar-refractivity contribution < 1.29 is 14.7 Å². The van der Waals surface area contributed by atoms with Crippen molar-refractivity contribution in [2.45, 2.75) is 19.8 Å². The molecule has 1 aromatic heterocycles. The van der Waals surface area contributed by atoms with Crippen LogP contribution in [0.3, 0.4) is 0 Å². The van der Waals surface area contributed by atoms with Crippen molar-refractivity contribution in [1.29, 1.82) is 0 Å². The summed E-state index contributed by atoms with van der Waals surface area (Å²) in [5.74, 6) is -0.862. The Kier molecular flexibility index (Phi) is 3.46. The standard InChI is InChI=1S/C14H14N2O3/c1-9(2)14-15-10-5-3-4-6-11(10)16(14)12(17)7-8-13(18)19/h3-9H,1-2H3,(H,18,19). The molecule has 5 nitrogen and oxygen atoms in total. The first-order valence-electron chi connectivity index (χ1n) is 5.93. The van der Waals surface area contributed by atoms with Crippen molar-refractivity contribution >= 4 is 22.9 Å². The zero-order valence-electron chi connectivity index (χ0n) is 10.7. The summed E-state index contributed by atoms with van der Waals surface area (Å²) in [6.07, 6.45) is 1.88. The summed E-state index contributed by atoms with van der Waals surface area (Å²) in [6.45, 7) is 3.87. The molecule has 5 heteroatoms. The van der Waals surface area contributed by atoms with E-state index in [0.29, 0.717) is 11.3 Å². The molecule has 0 aliphatic heterocycles. The Bertz CT molecular complexity index is 668. The van der Waals surface area contributed by atoms with Gasteiger partial charge in [-0.2, -0.15) is 0 Å². The minimum atomic E-state index is -1.15. The van der Waals surface area contributed by atoms with Gasteiger partial charge < -0.3 is 5.11 Å². The number of benzene rings is 1. The van der Waals surface area contributed by atoms with Crippen molar-refractivity contribution in [3.63, 3.8) is 0 Å². The van der Waals surface area contributed by atoms with Crippen LogP contribution in [-0.4, -0.2) is 26.5 Å². The van der Waals surface area contributed by atoms with E-state index in [1.807, 2.05) is 32.0 Å².